The molecule has 0 fully saturated rings. The minimum atomic E-state index is -0.351. The summed E-state index contributed by atoms with van der Waals surface area (Å²) in [5.41, 5.74) is 2.26. The maximum absolute atomic E-state index is 12.8. The molecule has 0 radical (unpaired) electrons. The fraction of sp³-hybridized carbons (Fsp3) is 0.280. The molecule has 3 aromatic rings. The fourth-order valence-corrected chi connectivity index (χ4v) is 4.21. The molecular formula is C25H26O4S. The average Bonchev–Trinajstić information content (AvgIpc) is 2.69. The Kier molecular flexibility index (Phi) is 6.52. The molecule has 0 amide bonds. The van der Waals surface area contributed by atoms with E-state index < -0.39 is 0 Å². The number of ketones is 1. The molecule has 3 rings (SSSR count). The molecule has 0 saturated heterocycles. The highest BCUT2D eigenvalue weighted by atomic mass is 32.2. The largest absolute Gasteiger partial charge is 0.486 e. The third-order valence-electron chi connectivity index (χ3n) is 4.57. The van der Waals surface area contributed by atoms with Crippen LogP contribution in [0, 0.1) is 6.92 Å². The van der Waals surface area contributed by atoms with Crippen molar-refractivity contribution in [3.05, 3.63) is 76.1 Å². The van der Waals surface area contributed by atoms with Crippen LogP contribution in [0.2, 0.25) is 0 Å². The molecule has 0 aliphatic heterocycles. The van der Waals surface area contributed by atoms with Crippen molar-refractivity contribution in [1.82, 2.24) is 0 Å². The van der Waals surface area contributed by atoms with Crippen molar-refractivity contribution in [3.8, 4) is 17.1 Å². The number of aryl methyl sites for hydroxylation is 1. The Labute approximate surface area is 181 Å². The lowest BCUT2D eigenvalue weighted by molar-refractivity contribution is -0.118. The van der Waals surface area contributed by atoms with Crippen LogP contribution in [-0.2, 0) is 10.2 Å². The zero-order valence-electron chi connectivity index (χ0n) is 17.9. The van der Waals surface area contributed by atoms with Crippen LogP contribution in [0.25, 0.3) is 11.3 Å². The Morgan fingerprint density at radius 2 is 1.77 bits per heavy atom. The van der Waals surface area contributed by atoms with Gasteiger partial charge in [-0.25, -0.2) is 4.79 Å². The van der Waals surface area contributed by atoms with Crippen LogP contribution >= 0.6 is 11.8 Å². The Bertz CT molecular complexity index is 1110. The van der Waals surface area contributed by atoms with Crippen LogP contribution in [0.1, 0.15) is 38.8 Å². The van der Waals surface area contributed by atoms with E-state index in [1.165, 1.54) is 18.7 Å². The molecule has 0 aliphatic rings. The number of hydrogen-bond donors (Lipinski definition) is 0. The Balaban J connectivity index is 1.97. The van der Waals surface area contributed by atoms with Gasteiger partial charge in [0.05, 0.1) is 0 Å². The average molecular weight is 423 g/mol. The molecule has 30 heavy (non-hydrogen) atoms. The second-order valence-corrected chi connectivity index (χ2v) is 9.33. The quantitative estimate of drug-likeness (QED) is 0.485. The highest BCUT2D eigenvalue weighted by Crippen LogP contribution is 2.39. The van der Waals surface area contributed by atoms with E-state index in [1.807, 2.05) is 61.5 Å². The monoisotopic (exact) mass is 422 g/mol. The smallest absolute Gasteiger partial charge is 0.350 e. The second-order valence-electron chi connectivity index (χ2n) is 8.28. The van der Waals surface area contributed by atoms with Crippen LogP contribution in [-0.4, -0.2) is 12.4 Å². The Morgan fingerprint density at radius 1 is 1.07 bits per heavy atom. The summed E-state index contributed by atoms with van der Waals surface area (Å²) in [6.45, 7) is 9.78. The van der Waals surface area contributed by atoms with Crippen LogP contribution in [0.15, 0.2) is 73.6 Å². The Morgan fingerprint density at radius 3 is 2.37 bits per heavy atom. The zero-order valence-corrected chi connectivity index (χ0v) is 18.8. The fourth-order valence-electron chi connectivity index (χ4n) is 3.03. The third kappa shape index (κ3) is 5.22. The van der Waals surface area contributed by atoms with Gasteiger partial charge in [-0.05, 0) is 54.7 Å². The lowest BCUT2D eigenvalue weighted by atomic mass is 9.87. The van der Waals surface area contributed by atoms with Gasteiger partial charge in [-0.1, -0.05) is 62.9 Å². The summed E-state index contributed by atoms with van der Waals surface area (Å²) in [5, 5.41) is 0. The first kappa shape index (κ1) is 21.9. The van der Waals surface area contributed by atoms with E-state index in [4.69, 9.17) is 9.15 Å². The lowest BCUT2D eigenvalue weighted by Crippen LogP contribution is -2.14. The molecular weight excluding hydrogens is 396 g/mol. The number of carbonyl (C=O) groups excluding carboxylic acids is 1. The maximum Gasteiger partial charge on any atom is 0.350 e. The summed E-state index contributed by atoms with van der Waals surface area (Å²) in [7, 11) is 0. The topological polar surface area (TPSA) is 56.5 Å². The highest BCUT2D eigenvalue weighted by Gasteiger charge is 2.22. The molecule has 1 aromatic heterocycles. The van der Waals surface area contributed by atoms with E-state index in [-0.39, 0.29) is 23.4 Å². The van der Waals surface area contributed by atoms with Crippen molar-refractivity contribution in [2.45, 2.75) is 49.8 Å². The molecule has 4 nitrogen and oxygen atoms in total. The summed E-state index contributed by atoms with van der Waals surface area (Å²) < 4.78 is 11.2. The Hall–Kier alpha value is -2.79. The van der Waals surface area contributed by atoms with Gasteiger partial charge in [-0.3, -0.25) is 4.79 Å². The summed E-state index contributed by atoms with van der Waals surface area (Å²) >= 11 is 1.40. The number of Topliss-reactive ketones (excluding diaryl/α,β-unsaturated/α-hetero) is 1. The first-order valence-corrected chi connectivity index (χ1v) is 10.6. The van der Waals surface area contributed by atoms with Gasteiger partial charge >= 0.3 is 5.63 Å². The van der Waals surface area contributed by atoms with Crippen LogP contribution in [0.4, 0.5) is 0 Å². The van der Waals surface area contributed by atoms with E-state index >= 15 is 0 Å². The molecule has 0 spiro atoms. The number of hydrogen-bond acceptors (Lipinski definition) is 5. The maximum atomic E-state index is 12.8. The molecule has 0 bridgehead atoms. The lowest BCUT2D eigenvalue weighted by Gasteiger charge is -2.23. The van der Waals surface area contributed by atoms with Gasteiger partial charge in [0.1, 0.15) is 23.0 Å². The van der Waals surface area contributed by atoms with Crippen molar-refractivity contribution in [3.63, 3.8) is 0 Å². The molecule has 2 aromatic carbocycles. The summed E-state index contributed by atoms with van der Waals surface area (Å²) in [4.78, 5) is 25.6. The third-order valence-corrected chi connectivity index (χ3v) is 5.83. The normalized spacial score (nSPS) is 11.4. The summed E-state index contributed by atoms with van der Waals surface area (Å²) in [6, 6.07) is 17.2. The van der Waals surface area contributed by atoms with Crippen molar-refractivity contribution in [2.75, 3.05) is 6.61 Å². The van der Waals surface area contributed by atoms with Crippen LogP contribution in [0.5, 0.6) is 5.75 Å². The van der Waals surface area contributed by atoms with E-state index in [0.717, 1.165) is 21.6 Å². The van der Waals surface area contributed by atoms with Crippen LogP contribution in [0.3, 0.4) is 0 Å². The minimum Gasteiger partial charge on any atom is -0.486 e. The van der Waals surface area contributed by atoms with Gasteiger partial charge < -0.3 is 9.15 Å². The van der Waals surface area contributed by atoms with Gasteiger partial charge in [-0.2, -0.15) is 0 Å². The molecule has 0 unspecified atom stereocenters. The minimum absolute atomic E-state index is 0.0301. The molecule has 0 N–H and O–H groups in total. The van der Waals surface area contributed by atoms with Crippen molar-refractivity contribution < 1.29 is 13.9 Å². The first-order chi connectivity index (χ1) is 14.1. The van der Waals surface area contributed by atoms with E-state index in [9.17, 15) is 9.59 Å². The molecule has 0 atom stereocenters. The zero-order chi connectivity index (χ0) is 21.9. The van der Waals surface area contributed by atoms with Gasteiger partial charge in [0, 0.05) is 10.5 Å². The van der Waals surface area contributed by atoms with Gasteiger partial charge in [-0.15, -0.1) is 0 Å². The molecule has 5 heteroatoms. The first-order valence-electron chi connectivity index (χ1n) is 9.80. The molecule has 156 valence electrons. The van der Waals surface area contributed by atoms with Gasteiger partial charge in [0.15, 0.2) is 5.78 Å². The predicted molar refractivity (Wildman–Crippen MR) is 121 cm³/mol. The number of carbonyl (C=O) groups is 1. The number of ether oxygens (including phenoxy) is 1. The number of benzene rings is 2. The van der Waals surface area contributed by atoms with E-state index in [0.29, 0.717) is 16.4 Å². The molecule has 1 heterocycles. The van der Waals surface area contributed by atoms with Crippen LogP contribution < -0.4 is 10.4 Å². The second kappa shape index (κ2) is 8.92. The van der Waals surface area contributed by atoms with E-state index in [2.05, 4.69) is 20.8 Å². The van der Waals surface area contributed by atoms with E-state index in [1.54, 1.807) is 0 Å². The highest BCUT2D eigenvalue weighted by molar-refractivity contribution is 7.99. The molecule has 0 aliphatic carbocycles. The number of rotatable bonds is 6. The standard InChI is InChI=1S/C25H26O4S/c1-16-13-21(18-9-7-6-8-10-18)29-24(27)23(16)30-22-12-11-19(28-15-17(2)26)14-20(22)25(3,4)5/h6-14H,15H2,1-5H3. The van der Waals surface area contributed by atoms with Crippen molar-refractivity contribution >= 4 is 17.5 Å². The van der Waals surface area contributed by atoms with Crippen molar-refractivity contribution in [1.29, 1.82) is 0 Å². The van der Waals surface area contributed by atoms with Gasteiger partial charge in [0.25, 0.3) is 0 Å². The molecule has 0 saturated carbocycles. The summed E-state index contributed by atoms with van der Waals surface area (Å²) in [6.07, 6.45) is 0. The SMILES string of the molecule is CC(=O)COc1ccc(Sc2c(C)cc(-c3ccccc3)oc2=O)c(C(C)(C)C)c1. The summed E-state index contributed by atoms with van der Waals surface area (Å²) in [5.74, 6) is 1.17. The van der Waals surface area contributed by atoms with Crippen molar-refractivity contribution in [2.24, 2.45) is 0 Å². The van der Waals surface area contributed by atoms with Gasteiger partial charge in [0.2, 0.25) is 0 Å². The predicted octanol–water partition coefficient (Wildman–Crippen LogP) is 6.03.